The Kier molecular flexibility index (Phi) is 9.84. The van der Waals surface area contributed by atoms with Crippen molar-refractivity contribution in [2.24, 2.45) is 11.3 Å². The van der Waals surface area contributed by atoms with Gasteiger partial charge < -0.3 is 33.9 Å². The van der Waals surface area contributed by atoms with Gasteiger partial charge in [0, 0.05) is 94.5 Å². The maximum atomic E-state index is 15.3. The number of halogens is 1. The minimum absolute atomic E-state index is 0.0172. The summed E-state index contributed by atoms with van der Waals surface area (Å²) in [4.78, 5) is 53.5. The van der Waals surface area contributed by atoms with Crippen LogP contribution < -0.4 is 9.64 Å². The van der Waals surface area contributed by atoms with E-state index in [9.17, 15) is 14.7 Å². The van der Waals surface area contributed by atoms with Crippen molar-refractivity contribution in [3.63, 3.8) is 0 Å². The Morgan fingerprint density at radius 2 is 1.80 bits per heavy atom. The minimum atomic E-state index is -2.28. The van der Waals surface area contributed by atoms with Gasteiger partial charge in [0.05, 0.1) is 27.4 Å². The van der Waals surface area contributed by atoms with E-state index in [2.05, 4.69) is 86.8 Å². The smallest absolute Gasteiger partial charge is 0.344 e. The molecule has 3 aromatic rings. The molecule has 2 fully saturated rings. The molecule has 0 amide bonds. The second-order valence-corrected chi connectivity index (χ2v) is 18.9. The summed E-state index contributed by atoms with van der Waals surface area (Å²) in [7, 11) is 6.25. The Balaban J connectivity index is 1.38. The summed E-state index contributed by atoms with van der Waals surface area (Å²) in [5.41, 5.74) is 1.09. The van der Waals surface area contributed by atoms with E-state index < -0.39 is 45.9 Å². The van der Waals surface area contributed by atoms with E-state index in [1.807, 2.05) is 24.9 Å². The number of aromatic nitrogens is 1. The van der Waals surface area contributed by atoms with Crippen molar-refractivity contribution in [1.29, 1.82) is 0 Å². The summed E-state index contributed by atoms with van der Waals surface area (Å²) in [6.07, 6.45) is 8.42. The standard InChI is InChI=1S/C46H55IN4O8/c1-8-27-19-28-23-45(41(53)57-6,37-30(13-17-50(24-27)25-28)31-20-29(47)11-12-34(31)48-37)33-21-32-35(22-36(33)56-5)49(4)39-44(32)15-18-51-16-10-14-43(9-2,38(44)51)40(59-26(3)52)46(39,55)42(54)58-7/h10-12,14,19-22,28,38-40,48,55H,8-9,13,15-18,23-25H2,1-7H3/t28-,38-,39?,40+,43+,44+,45-,46?/m0/s1. The molecule has 6 aliphatic rings. The van der Waals surface area contributed by atoms with Crippen LogP contribution in [0, 0.1) is 14.9 Å². The highest BCUT2D eigenvalue weighted by atomic mass is 127. The van der Waals surface area contributed by atoms with Crippen LogP contribution in [0.15, 0.2) is 54.1 Å². The van der Waals surface area contributed by atoms with E-state index in [1.54, 1.807) is 7.11 Å². The number of ether oxygens (including phenoxy) is 4. The molecular formula is C46H55IN4O8. The van der Waals surface area contributed by atoms with Crippen molar-refractivity contribution in [2.75, 3.05) is 66.0 Å². The highest BCUT2D eigenvalue weighted by Crippen LogP contribution is 2.68. The third kappa shape index (κ3) is 5.38. The van der Waals surface area contributed by atoms with Crippen molar-refractivity contribution in [1.82, 2.24) is 14.8 Å². The van der Waals surface area contributed by atoms with Gasteiger partial charge in [0.15, 0.2) is 6.10 Å². The maximum absolute atomic E-state index is 15.3. The second kappa shape index (κ2) is 14.3. The number of hydrogen-bond donors (Lipinski definition) is 2. The molecule has 1 saturated heterocycles. The lowest BCUT2D eigenvalue weighted by Crippen LogP contribution is -2.81. The van der Waals surface area contributed by atoms with Gasteiger partial charge in [-0.3, -0.25) is 19.4 Å². The number of H-pyrrole nitrogens is 1. The van der Waals surface area contributed by atoms with Crippen LogP contribution in [0.3, 0.4) is 0 Å². The molecule has 9 rings (SSSR count). The predicted molar refractivity (Wildman–Crippen MR) is 232 cm³/mol. The highest BCUT2D eigenvalue weighted by molar-refractivity contribution is 14.1. The maximum Gasteiger partial charge on any atom is 0.344 e. The number of esters is 3. The Labute approximate surface area is 359 Å². The van der Waals surface area contributed by atoms with Crippen LogP contribution >= 0.6 is 22.6 Å². The van der Waals surface area contributed by atoms with Gasteiger partial charge in [0.2, 0.25) is 5.60 Å². The van der Waals surface area contributed by atoms with Crippen LogP contribution in [0.25, 0.3) is 10.9 Å². The summed E-state index contributed by atoms with van der Waals surface area (Å²) < 4.78 is 25.1. The first-order valence-electron chi connectivity index (χ1n) is 20.9. The summed E-state index contributed by atoms with van der Waals surface area (Å²) >= 11 is 2.36. The van der Waals surface area contributed by atoms with Gasteiger partial charge in [-0.1, -0.05) is 37.6 Å². The zero-order chi connectivity index (χ0) is 41.8. The molecule has 3 unspecified atom stereocenters. The first kappa shape index (κ1) is 40.5. The number of aliphatic hydroxyl groups is 1. The molecule has 0 radical (unpaired) electrons. The zero-order valence-corrected chi connectivity index (χ0v) is 37.2. The van der Waals surface area contributed by atoms with Gasteiger partial charge in [-0.2, -0.15) is 0 Å². The number of methoxy groups -OCH3 is 3. The first-order valence-corrected chi connectivity index (χ1v) is 22.0. The normalized spacial score (nSPS) is 34.4. The third-order valence-corrected chi connectivity index (χ3v) is 15.8. The van der Waals surface area contributed by atoms with Crippen LogP contribution in [-0.2, 0) is 45.8 Å². The number of carbonyl (C=O) groups is 3. The van der Waals surface area contributed by atoms with Crippen LogP contribution in [-0.4, -0.2) is 123 Å². The number of nitrogens with zero attached hydrogens (tertiary/aromatic N) is 3. The number of fused-ring (bicyclic) bond motifs is 6. The number of rotatable bonds is 7. The second-order valence-electron chi connectivity index (χ2n) is 17.6. The summed E-state index contributed by atoms with van der Waals surface area (Å²) in [6.45, 7) is 9.43. The molecule has 2 N–H and O–H groups in total. The number of aromatic amines is 1. The average molecular weight is 919 g/mol. The third-order valence-electron chi connectivity index (χ3n) is 15.1. The number of nitrogens with one attached hydrogen (secondary N) is 1. The monoisotopic (exact) mass is 918 g/mol. The molecule has 13 heteroatoms. The fourth-order valence-electron chi connectivity index (χ4n) is 13.1. The van der Waals surface area contributed by atoms with Crippen molar-refractivity contribution >= 4 is 57.1 Å². The Morgan fingerprint density at radius 1 is 1.02 bits per heavy atom. The van der Waals surface area contributed by atoms with E-state index in [-0.39, 0.29) is 17.9 Å². The SMILES string of the molecule is CCC1=C[C@@H]2CN(CCc3c([nH]c4ccc(I)cc34)[C@@](C(=O)OC)(c3cc4c(cc3OC)N(C)C3C(O)(C(=O)OC)[C@H](OC(C)=O)[C@]5(CC)C=CCN6CC[C@]43[C@@H]65)C2)C1. The Hall–Kier alpha value is -3.92. The molecule has 59 heavy (non-hydrogen) atoms. The largest absolute Gasteiger partial charge is 0.496 e. The van der Waals surface area contributed by atoms with Gasteiger partial charge in [-0.25, -0.2) is 4.79 Å². The number of hydrogen-bond acceptors (Lipinski definition) is 11. The molecule has 1 saturated carbocycles. The van der Waals surface area contributed by atoms with Crippen molar-refractivity contribution in [2.45, 2.75) is 87.5 Å². The Bertz CT molecular complexity index is 2320. The van der Waals surface area contributed by atoms with E-state index in [1.165, 1.54) is 26.7 Å². The molecule has 6 heterocycles. The lowest BCUT2D eigenvalue weighted by atomic mass is 9.47. The van der Waals surface area contributed by atoms with Crippen LogP contribution in [0.1, 0.15) is 68.8 Å². The molecular weight excluding hydrogens is 863 g/mol. The van der Waals surface area contributed by atoms with Crippen molar-refractivity contribution in [3.8, 4) is 5.75 Å². The summed E-state index contributed by atoms with van der Waals surface area (Å²) in [5.74, 6) is -1.31. The fraction of sp³-hybridized carbons (Fsp3) is 0.543. The van der Waals surface area contributed by atoms with E-state index in [4.69, 9.17) is 18.9 Å². The van der Waals surface area contributed by atoms with Gasteiger partial charge in [0.25, 0.3) is 0 Å². The van der Waals surface area contributed by atoms with Gasteiger partial charge in [-0.15, -0.1) is 0 Å². The average Bonchev–Trinajstić information content (AvgIpc) is 3.89. The summed E-state index contributed by atoms with van der Waals surface area (Å²) in [5, 5.41) is 14.4. The number of benzene rings is 2. The quantitative estimate of drug-likeness (QED) is 0.137. The van der Waals surface area contributed by atoms with E-state index >= 15 is 4.79 Å². The lowest BCUT2D eigenvalue weighted by molar-refractivity contribution is -0.228. The van der Waals surface area contributed by atoms with Crippen LogP contribution in [0.4, 0.5) is 5.69 Å². The van der Waals surface area contributed by atoms with E-state index in [0.29, 0.717) is 43.7 Å². The molecule has 9 atom stereocenters. The van der Waals surface area contributed by atoms with Gasteiger partial charge >= 0.3 is 17.9 Å². The lowest BCUT2D eigenvalue weighted by Gasteiger charge is -2.63. The molecule has 1 spiro atoms. The molecule has 12 nitrogen and oxygen atoms in total. The predicted octanol–water partition coefficient (Wildman–Crippen LogP) is 5.40. The summed E-state index contributed by atoms with van der Waals surface area (Å²) in [6, 6.07) is 9.32. The zero-order valence-electron chi connectivity index (χ0n) is 35.0. The van der Waals surface area contributed by atoms with E-state index in [0.717, 1.165) is 69.5 Å². The molecule has 2 aromatic carbocycles. The van der Waals surface area contributed by atoms with Crippen molar-refractivity contribution in [3.05, 3.63) is 80.1 Å². The van der Waals surface area contributed by atoms with Crippen LogP contribution in [0.5, 0.6) is 5.75 Å². The molecule has 2 bridgehead atoms. The van der Waals surface area contributed by atoms with Crippen LogP contribution in [0.2, 0.25) is 0 Å². The molecule has 1 aromatic heterocycles. The number of likely N-dealkylation sites (N-methyl/N-ethyl adjacent to an activating group) is 1. The van der Waals surface area contributed by atoms with Crippen molar-refractivity contribution < 1.29 is 38.4 Å². The molecule has 1 aliphatic carbocycles. The fourth-order valence-corrected chi connectivity index (χ4v) is 13.5. The minimum Gasteiger partial charge on any atom is -0.496 e. The Morgan fingerprint density at radius 3 is 2.49 bits per heavy atom. The molecule has 5 aliphatic heterocycles. The highest BCUT2D eigenvalue weighted by Gasteiger charge is 2.80. The number of carbonyl (C=O) groups excluding carboxylic acids is 3. The van der Waals surface area contributed by atoms with Gasteiger partial charge in [0.1, 0.15) is 11.2 Å². The van der Waals surface area contributed by atoms with Gasteiger partial charge in [-0.05, 0) is 103 Å². The number of anilines is 1. The first-order chi connectivity index (χ1) is 28.3. The topological polar surface area (TPSA) is 134 Å². The molecule has 314 valence electrons.